The molecule has 0 saturated heterocycles. The van der Waals surface area contributed by atoms with Gasteiger partial charge in [-0.2, -0.15) is 0 Å². The zero-order valence-electron chi connectivity index (χ0n) is 5.20. The highest BCUT2D eigenvalue weighted by molar-refractivity contribution is 14.2. The fraction of sp³-hybridized carbons (Fsp3) is 0. The number of hydrogen-bond donors (Lipinski definition) is 0. The molecule has 1 aromatic heterocycles. The molecule has 0 atom stereocenters. The molecule has 1 aromatic rings. The summed E-state index contributed by atoms with van der Waals surface area (Å²) in [5.74, 6) is 2.79. The predicted octanol–water partition coefficient (Wildman–Crippen LogP) is 2.35. The highest BCUT2D eigenvalue weighted by atomic mass is 127. The average Bonchev–Trinajstić information content (AvgIpc) is 2.48. The molecule has 0 bridgehead atoms. The third-order valence-electron chi connectivity index (χ3n) is 0.840. The highest BCUT2D eigenvalue weighted by Gasteiger charge is 1.95. The lowest BCUT2D eigenvalue weighted by Crippen LogP contribution is -1.76. The van der Waals surface area contributed by atoms with Gasteiger partial charge in [-0.05, 0) is 20.1 Å². The van der Waals surface area contributed by atoms with Crippen LogP contribution in [0.3, 0.4) is 0 Å². The lowest BCUT2D eigenvalue weighted by atomic mass is 10.5. The Bertz CT molecular complexity index is 312. The van der Waals surface area contributed by atoms with Crippen molar-refractivity contribution in [3.63, 3.8) is 0 Å². The Hall–Kier alpha value is -0.0600. The first-order valence-electron chi connectivity index (χ1n) is 2.56. The van der Waals surface area contributed by atoms with Gasteiger partial charge in [-0.1, -0.05) is 0 Å². The maximum Gasteiger partial charge on any atom is 0.178 e. The first kappa shape index (κ1) is 9.03. The molecule has 2 nitrogen and oxygen atoms in total. The molecular weight excluding hydrogens is 293 g/mol. The normalized spacial score (nSPS) is 8.45. The number of thiazole rings is 1. The van der Waals surface area contributed by atoms with E-state index >= 15 is 0 Å². The summed E-state index contributed by atoms with van der Waals surface area (Å²) < 4.78 is 0. The lowest BCUT2D eigenvalue weighted by molar-refractivity contribution is 0.112. The third-order valence-corrected chi connectivity index (χ3v) is 2.45. The van der Waals surface area contributed by atoms with Gasteiger partial charge >= 0.3 is 0 Å². The summed E-state index contributed by atoms with van der Waals surface area (Å²) in [6, 6.07) is 0. The van der Waals surface area contributed by atoms with Crippen LogP contribution in [0.5, 0.6) is 0 Å². The molecule has 0 radical (unpaired) electrons. The summed E-state index contributed by atoms with van der Waals surface area (Å²) in [6.07, 6.45) is 0.729. The largest absolute Gasteiger partial charge is 0.295 e. The van der Waals surface area contributed by atoms with Crippen molar-refractivity contribution in [2.45, 2.75) is 0 Å². The van der Waals surface area contributed by atoms with Gasteiger partial charge in [0.2, 0.25) is 0 Å². The number of rotatable bonds is 1. The molecule has 0 unspecified atom stereocenters. The minimum atomic E-state index is 0.479. The fourth-order valence-corrected chi connectivity index (χ4v) is 1.49. The topological polar surface area (TPSA) is 30.0 Å². The van der Waals surface area contributed by atoms with Gasteiger partial charge in [0.25, 0.3) is 0 Å². The van der Waals surface area contributed by atoms with Gasteiger partial charge in [-0.3, -0.25) is 4.79 Å². The Morgan fingerprint density at radius 3 is 3.18 bits per heavy atom. The van der Waals surface area contributed by atoms with E-state index in [2.05, 4.69) is 37.4 Å². The van der Waals surface area contributed by atoms with Gasteiger partial charge in [-0.15, -0.1) is 11.3 Å². The van der Waals surface area contributed by atoms with Gasteiger partial charge < -0.3 is 0 Å². The van der Waals surface area contributed by atoms with E-state index in [1.807, 2.05) is 0 Å². The second-order valence-electron chi connectivity index (χ2n) is 1.49. The SMILES string of the molecule is O=Cc1nc(C#CSI)cs1. The summed E-state index contributed by atoms with van der Waals surface area (Å²) >= 11 is 3.39. The molecule has 0 aromatic carbocycles. The summed E-state index contributed by atoms with van der Waals surface area (Å²) in [7, 11) is 1.40. The average molecular weight is 295 g/mol. The molecule has 0 aliphatic rings. The van der Waals surface area contributed by atoms with Gasteiger partial charge in [0, 0.05) is 26.6 Å². The highest BCUT2D eigenvalue weighted by Crippen LogP contribution is 2.09. The van der Waals surface area contributed by atoms with Crippen LogP contribution in [0.2, 0.25) is 0 Å². The molecule has 1 heterocycles. The molecular formula is C6H2INOS2. The molecule has 5 heteroatoms. The van der Waals surface area contributed by atoms with Crippen LogP contribution < -0.4 is 0 Å². The van der Waals surface area contributed by atoms with Gasteiger partial charge in [0.15, 0.2) is 11.3 Å². The van der Waals surface area contributed by atoms with Crippen molar-refractivity contribution < 1.29 is 4.79 Å². The van der Waals surface area contributed by atoms with E-state index in [4.69, 9.17) is 0 Å². The summed E-state index contributed by atoms with van der Waals surface area (Å²) in [6.45, 7) is 0. The first-order chi connectivity index (χ1) is 5.36. The molecule has 56 valence electrons. The first-order valence-corrected chi connectivity index (χ1v) is 6.80. The Morgan fingerprint density at radius 1 is 1.82 bits per heavy atom. The standard InChI is InChI=1S/C6H2INOS2/c7-11-2-1-5-4-10-6(3-9)8-5/h3-4H. The summed E-state index contributed by atoms with van der Waals surface area (Å²) in [5.41, 5.74) is 0.668. The van der Waals surface area contributed by atoms with Crippen molar-refractivity contribution in [2.24, 2.45) is 0 Å². The Morgan fingerprint density at radius 2 is 2.64 bits per heavy atom. The third kappa shape index (κ3) is 2.81. The second kappa shape index (κ2) is 4.74. The summed E-state index contributed by atoms with van der Waals surface area (Å²) in [5, 5.41) is 5.03. The number of aldehydes is 1. The molecule has 1 rings (SSSR count). The molecule has 0 N–H and O–H groups in total. The van der Waals surface area contributed by atoms with Crippen LogP contribution in [-0.2, 0) is 0 Å². The minimum absolute atomic E-state index is 0.479. The zero-order chi connectivity index (χ0) is 8.10. The van der Waals surface area contributed by atoms with E-state index in [9.17, 15) is 4.79 Å². The van der Waals surface area contributed by atoms with E-state index < -0.39 is 0 Å². The van der Waals surface area contributed by atoms with Crippen molar-refractivity contribution in [3.8, 4) is 11.2 Å². The molecule has 11 heavy (non-hydrogen) atoms. The predicted molar refractivity (Wildman–Crippen MR) is 56.0 cm³/mol. The lowest BCUT2D eigenvalue weighted by Gasteiger charge is -1.73. The van der Waals surface area contributed by atoms with Crippen LogP contribution in [0.4, 0.5) is 0 Å². The zero-order valence-corrected chi connectivity index (χ0v) is 9.00. The number of halogens is 1. The quantitative estimate of drug-likeness (QED) is 0.452. The Kier molecular flexibility index (Phi) is 3.90. The minimum Gasteiger partial charge on any atom is -0.295 e. The van der Waals surface area contributed by atoms with Crippen molar-refractivity contribution in [3.05, 3.63) is 16.1 Å². The van der Waals surface area contributed by atoms with Gasteiger partial charge in [0.05, 0.1) is 0 Å². The maximum absolute atomic E-state index is 10.2. The number of carbonyl (C=O) groups excluding carboxylic acids is 1. The van der Waals surface area contributed by atoms with Crippen molar-refractivity contribution in [1.82, 2.24) is 4.98 Å². The van der Waals surface area contributed by atoms with Gasteiger partial charge in [0.1, 0.15) is 5.69 Å². The number of nitrogens with zero attached hydrogens (tertiary/aromatic N) is 1. The molecule has 0 saturated carbocycles. The monoisotopic (exact) mass is 295 g/mol. The van der Waals surface area contributed by atoms with E-state index in [0.29, 0.717) is 10.7 Å². The van der Waals surface area contributed by atoms with Crippen LogP contribution in [0.1, 0.15) is 15.5 Å². The second-order valence-corrected chi connectivity index (χ2v) is 4.06. The number of carbonyl (C=O) groups is 1. The Labute approximate surface area is 84.4 Å². The van der Waals surface area contributed by atoms with E-state index in [0.717, 1.165) is 6.29 Å². The fourth-order valence-electron chi connectivity index (χ4n) is 0.471. The summed E-state index contributed by atoms with van der Waals surface area (Å²) in [4.78, 5) is 14.1. The van der Waals surface area contributed by atoms with E-state index in [1.165, 1.54) is 20.3 Å². The van der Waals surface area contributed by atoms with E-state index in [1.54, 1.807) is 5.38 Å². The molecule has 0 fully saturated rings. The smallest absolute Gasteiger partial charge is 0.178 e. The van der Waals surface area contributed by atoms with Crippen LogP contribution in [0.25, 0.3) is 0 Å². The van der Waals surface area contributed by atoms with Crippen LogP contribution in [0, 0.1) is 11.2 Å². The Balaban J connectivity index is 2.80. The van der Waals surface area contributed by atoms with Crippen LogP contribution in [0.15, 0.2) is 5.38 Å². The van der Waals surface area contributed by atoms with Crippen molar-refractivity contribution in [1.29, 1.82) is 0 Å². The molecule has 0 aliphatic carbocycles. The molecule has 0 spiro atoms. The van der Waals surface area contributed by atoms with Crippen LogP contribution >= 0.6 is 41.5 Å². The van der Waals surface area contributed by atoms with Crippen molar-refractivity contribution >= 4 is 47.8 Å². The number of hydrogen-bond acceptors (Lipinski definition) is 4. The van der Waals surface area contributed by atoms with E-state index in [-0.39, 0.29) is 0 Å². The van der Waals surface area contributed by atoms with Crippen LogP contribution in [-0.4, -0.2) is 11.3 Å². The van der Waals surface area contributed by atoms with Gasteiger partial charge in [-0.25, -0.2) is 4.98 Å². The number of aromatic nitrogens is 1. The molecule has 0 amide bonds. The maximum atomic E-state index is 10.2. The van der Waals surface area contributed by atoms with Crippen molar-refractivity contribution in [2.75, 3.05) is 0 Å². The molecule has 0 aliphatic heterocycles.